The number of rotatable bonds is 5. The van der Waals surface area contributed by atoms with Crippen LogP contribution < -0.4 is 14.8 Å². The summed E-state index contributed by atoms with van der Waals surface area (Å²) in [5, 5.41) is 11.9. The molecule has 168 valence electrons. The Labute approximate surface area is 187 Å². The lowest BCUT2D eigenvalue weighted by molar-refractivity contribution is -0.135. The highest BCUT2D eigenvalue weighted by molar-refractivity contribution is 6.02. The van der Waals surface area contributed by atoms with Crippen molar-refractivity contribution in [1.82, 2.24) is 15.1 Å². The van der Waals surface area contributed by atoms with Crippen LogP contribution in [0.3, 0.4) is 0 Å². The molecule has 33 heavy (non-hydrogen) atoms. The Morgan fingerprint density at radius 3 is 2.91 bits per heavy atom. The van der Waals surface area contributed by atoms with Crippen LogP contribution in [-0.4, -0.2) is 46.0 Å². The molecular formula is C22H18FN5O5. The second-order valence-electron chi connectivity index (χ2n) is 7.45. The van der Waals surface area contributed by atoms with E-state index in [0.29, 0.717) is 46.3 Å². The number of carbonyl (C=O) groups is 2. The van der Waals surface area contributed by atoms with Gasteiger partial charge in [0.05, 0.1) is 0 Å². The number of hydrogen-bond acceptors (Lipinski definition) is 8. The van der Waals surface area contributed by atoms with Crippen molar-refractivity contribution < 1.29 is 28.0 Å². The van der Waals surface area contributed by atoms with Gasteiger partial charge in [0.2, 0.25) is 24.4 Å². The zero-order valence-electron chi connectivity index (χ0n) is 17.5. The molecule has 3 heterocycles. The maximum absolute atomic E-state index is 13.7. The summed E-state index contributed by atoms with van der Waals surface area (Å²) >= 11 is 0. The molecular weight excluding hydrogens is 433 g/mol. The van der Waals surface area contributed by atoms with E-state index in [-0.39, 0.29) is 31.6 Å². The third-order valence-corrected chi connectivity index (χ3v) is 5.24. The van der Waals surface area contributed by atoms with Crippen molar-refractivity contribution in [1.29, 1.82) is 0 Å². The Hall–Kier alpha value is -4.28. The van der Waals surface area contributed by atoms with E-state index in [2.05, 4.69) is 20.6 Å². The van der Waals surface area contributed by atoms with Crippen LogP contribution in [-0.2, 0) is 9.59 Å². The minimum absolute atomic E-state index is 0.132. The number of nitrogens with zero attached hydrogens (tertiary/aromatic N) is 4. The van der Waals surface area contributed by atoms with Crippen molar-refractivity contribution in [3.8, 4) is 22.9 Å². The van der Waals surface area contributed by atoms with E-state index in [4.69, 9.17) is 14.0 Å². The van der Waals surface area contributed by atoms with Gasteiger partial charge in [0.15, 0.2) is 11.5 Å². The van der Waals surface area contributed by atoms with Gasteiger partial charge in [0.25, 0.3) is 5.89 Å². The fourth-order valence-electron chi connectivity index (χ4n) is 3.44. The van der Waals surface area contributed by atoms with Gasteiger partial charge in [-0.25, -0.2) is 9.40 Å². The minimum atomic E-state index is -0.506. The minimum Gasteiger partial charge on any atom is -0.454 e. The predicted molar refractivity (Wildman–Crippen MR) is 113 cm³/mol. The Kier molecular flexibility index (Phi) is 5.21. The molecule has 11 heteroatoms. The van der Waals surface area contributed by atoms with Crippen molar-refractivity contribution in [2.24, 2.45) is 5.10 Å². The quantitative estimate of drug-likeness (QED) is 0.633. The van der Waals surface area contributed by atoms with Crippen molar-refractivity contribution in [2.75, 3.05) is 18.7 Å². The van der Waals surface area contributed by atoms with E-state index in [1.165, 1.54) is 12.1 Å². The van der Waals surface area contributed by atoms with Crippen LogP contribution >= 0.6 is 0 Å². The molecule has 0 fully saturated rings. The summed E-state index contributed by atoms with van der Waals surface area (Å²) in [6.45, 7) is 1.38. The third kappa shape index (κ3) is 4.12. The number of ether oxygens (including phenoxy) is 2. The zero-order chi connectivity index (χ0) is 22.9. The summed E-state index contributed by atoms with van der Waals surface area (Å²) in [5.41, 5.74) is 1.70. The molecule has 1 aromatic heterocycles. The van der Waals surface area contributed by atoms with E-state index >= 15 is 0 Å². The number of halogens is 1. The number of fused-ring (bicyclic) bond motifs is 1. The fraction of sp³-hybridized carbons (Fsp3) is 0.227. The zero-order valence-corrected chi connectivity index (χ0v) is 17.5. The van der Waals surface area contributed by atoms with Gasteiger partial charge in [-0.2, -0.15) is 10.1 Å². The average Bonchev–Trinajstić information content (AvgIpc) is 3.47. The molecule has 3 aromatic rings. The van der Waals surface area contributed by atoms with Crippen molar-refractivity contribution in [3.05, 3.63) is 53.7 Å². The highest BCUT2D eigenvalue weighted by Gasteiger charge is 2.27. The molecule has 0 bridgehead atoms. The number of amides is 2. The van der Waals surface area contributed by atoms with E-state index < -0.39 is 11.7 Å². The van der Waals surface area contributed by atoms with E-state index in [1.54, 1.807) is 31.2 Å². The van der Waals surface area contributed by atoms with Crippen molar-refractivity contribution in [3.63, 3.8) is 0 Å². The van der Waals surface area contributed by atoms with Crippen LogP contribution in [0.4, 0.5) is 10.1 Å². The summed E-state index contributed by atoms with van der Waals surface area (Å²) in [6.07, 6.45) is 0.426. The molecule has 0 aliphatic carbocycles. The molecule has 2 aromatic carbocycles. The largest absolute Gasteiger partial charge is 0.454 e. The molecule has 2 aliphatic heterocycles. The molecule has 2 amide bonds. The van der Waals surface area contributed by atoms with Crippen LogP contribution in [0.15, 0.2) is 46.0 Å². The molecule has 0 atom stereocenters. The number of aromatic nitrogens is 2. The Morgan fingerprint density at radius 2 is 2.03 bits per heavy atom. The van der Waals surface area contributed by atoms with Crippen LogP contribution in [0.2, 0.25) is 0 Å². The Bertz CT molecular complexity index is 1290. The van der Waals surface area contributed by atoms with E-state index in [1.807, 2.05) is 0 Å². The normalized spacial score (nSPS) is 14.9. The monoisotopic (exact) mass is 451 g/mol. The lowest BCUT2D eigenvalue weighted by Gasteiger charge is -2.22. The number of anilines is 1. The Balaban J connectivity index is 1.32. The van der Waals surface area contributed by atoms with E-state index in [0.717, 1.165) is 5.01 Å². The number of nitrogens with one attached hydrogen (secondary N) is 1. The summed E-state index contributed by atoms with van der Waals surface area (Å²) in [5.74, 6) is 0.450. The molecule has 5 rings (SSSR count). The van der Waals surface area contributed by atoms with Gasteiger partial charge < -0.3 is 19.3 Å². The molecule has 0 spiro atoms. The van der Waals surface area contributed by atoms with Crippen LogP contribution in [0, 0.1) is 12.7 Å². The first-order valence-corrected chi connectivity index (χ1v) is 10.1. The lowest BCUT2D eigenvalue weighted by Crippen LogP contribution is -2.38. The molecule has 2 aliphatic rings. The first-order chi connectivity index (χ1) is 16.0. The highest BCUT2D eigenvalue weighted by atomic mass is 19.1. The molecule has 0 saturated carbocycles. The van der Waals surface area contributed by atoms with Gasteiger partial charge in [-0.15, -0.1) is 0 Å². The van der Waals surface area contributed by atoms with Gasteiger partial charge in [0.1, 0.15) is 18.1 Å². The maximum Gasteiger partial charge on any atom is 0.274 e. The van der Waals surface area contributed by atoms with Crippen LogP contribution in [0.1, 0.15) is 24.3 Å². The third-order valence-electron chi connectivity index (χ3n) is 5.24. The second-order valence-corrected chi connectivity index (χ2v) is 7.45. The first kappa shape index (κ1) is 20.6. The van der Waals surface area contributed by atoms with Gasteiger partial charge in [-0.1, -0.05) is 11.2 Å². The van der Waals surface area contributed by atoms with Gasteiger partial charge >= 0.3 is 0 Å². The summed E-state index contributed by atoms with van der Waals surface area (Å²) < 4.78 is 29.7. The van der Waals surface area contributed by atoms with Gasteiger partial charge in [0, 0.05) is 29.7 Å². The van der Waals surface area contributed by atoms with Crippen LogP contribution in [0.25, 0.3) is 11.4 Å². The van der Waals surface area contributed by atoms with Crippen molar-refractivity contribution in [2.45, 2.75) is 19.8 Å². The standard InChI is InChI=1S/C22H18FN5O5/c1-12-14(23)3-2-4-15(12)24-19(29)10-28-20(30)8-6-16(26-28)22-25-21(27-33-22)13-5-7-17-18(9-13)32-11-31-17/h2-5,7,9H,6,8,10-11H2,1H3,(H,24,29). The van der Waals surface area contributed by atoms with E-state index in [9.17, 15) is 14.0 Å². The second kappa shape index (κ2) is 8.34. The predicted octanol–water partition coefficient (Wildman–Crippen LogP) is 2.88. The lowest BCUT2D eigenvalue weighted by atomic mass is 10.1. The summed E-state index contributed by atoms with van der Waals surface area (Å²) in [7, 11) is 0. The Morgan fingerprint density at radius 1 is 1.18 bits per heavy atom. The van der Waals surface area contributed by atoms with Gasteiger partial charge in [-0.3, -0.25) is 9.59 Å². The summed E-state index contributed by atoms with van der Waals surface area (Å²) in [4.78, 5) is 29.1. The number of hydrogen-bond donors (Lipinski definition) is 1. The molecule has 1 N–H and O–H groups in total. The molecule has 0 saturated heterocycles. The highest BCUT2D eigenvalue weighted by Crippen LogP contribution is 2.35. The molecule has 0 unspecified atom stereocenters. The molecule has 0 radical (unpaired) electrons. The average molecular weight is 451 g/mol. The van der Waals surface area contributed by atoms with Gasteiger partial charge in [-0.05, 0) is 37.3 Å². The summed E-state index contributed by atoms with van der Waals surface area (Å²) in [6, 6.07) is 9.66. The first-order valence-electron chi connectivity index (χ1n) is 10.1. The molecule has 10 nitrogen and oxygen atoms in total. The SMILES string of the molecule is Cc1c(F)cccc1NC(=O)CN1N=C(c2nc(-c3ccc4c(c3)OCO4)no2)CCC1=O. The maximum atomic E-state index is 13.7. The smallest absolute Gasteiger partial charge is 0.274 e. The number of carbonyl (C=O) groups excluding carboxylic acids is 2. The van der Waals surface area contributed by atoms with Crippen molar-refractivity contribution >= 4 is 23.2 Å². The number of hydrazone groups is 1. The van der Waals surface area contributed by atoms with Crippen LogP contribution in [0.5, 0.6) is 11.5 Å². The fourth-order valence-corrected chi connectivity index (χ4v) is 3.44. The topological polar surface area (TPSA) is 119 Å². The number of benzene rings is 2.